The van der Waals surface area contributed by atoms with E-state index in [9.17, 15) is 10.2 Å². The van der Waals surface area contributed by atoms with E-state index in [0.717, 1.165) is 24.1 Å². The van der Waals surface area contributed by atoms with Gasteiger partial charge in [0, 0.05) is 12.7 Å². The molecule has 1 aliphatic heterocycles. The Labute approximate surface area is 138 Å². The lowest BCUT2D eigenvalue weighted by atomic mass is 10.1. The first-order valence-corrected chi connectivity index (χ1v) is 8.48. The van der Waals surface area contributed by atoms with Crippen molar-refractivity contribution in [1.82, 2.24) is 9.88 Å². The van der Waals surface area contributed by atoms with Crippen LogP contribution in [-0.2, 0) is 0 Å². The van der Waals surface area contributed by atoms with Crippen LogP contribution < -0.4 is 0 Å². The van der Waals surface area contributed by atoms with Crippen LogP contribution in [0.5, 0.6) is 0 Å². The Morgan fingerprint density at radius 3 is 2.52 bits per heavy atom. The van der Waals surface area contributed by atoms with Crippen molar-refractivity contribution in [2.45, 2.75) is 58.5 Å². The van der Waals surface area contributed by atoms with Crippen molar-refractivity contribution in [2.24, 2.45) is 4.99 Å². The first kappa shape index (κ1) is 17.3. The quantitative estimate of drug-likeness (QED) is 0.696. The van der Waals surface area contributed by atoms with Gasteiger partial charge < -0.3 is 15.1 Å². The van der Waals surface area contributed by atoms with Gasteiger partial charge in [0.15, 0.2) is 11.9 Å². The summed E-state index contributed by atoms with van der Waals surface area (Å²) in [7, 11) is 0. The van der Waals surface area contributed by atoms with Crippen LogP contribution in [0.3, 0.4) is 0 Å². The fourth-order valence-corrected chi connectivity index (χ4v) is 2.70. The van der Waals surface area contributed by atoms with Gasteiger partial charge in [-0.25, -0.2) is 0 Å². The summed E-state index contributed by atoms with van der Waals surface area (Å²) in [6.07, 6.45) is 9.76. The van der Waals surface area contributed by atoms with Crippen LogP contribution in [0.2, 0.25) is 0 Å². The second kappa shape index (κ2) is 8.56. The van der Waals surface area contributed by atoms with Crippen molar-refractivity contribution < 1.29 is 10.2 Å². The molecule has 2 N–H and O–H groups in total. The van der Waals surface area contributed by atoms with Crippen LogP contribution in [-0.4, -0.2) is 32.9 Å². The Morgan fingerprint density at radius 2 is 1.83 bits per heavy atom. The predicted molar refractivity (Wildman–Crippen MR) is 92.6 cm³/mol. The van der Waals surface area contributed by atoms with E-state index in [-0.39, 0.29) is 17.8 Å². The van der Waals surface area contributed by atoms with E-state index in [4.69, 9.17) is 0 Å². The first-order chi connectivity index (χ1) is 11.1. The molecule has 0 radical (unpaired) electrons. The number of nitrogens with zero attached hydrogens (tertiary/aromatic N) is 3. The Balaban J connectivity index is 1.99. The van der Waals surface area contributed by atoms with Gasteiger partial charge in [-0.1, -0.05) is 45.1 Å². The molecule has 1 atom stereocenters. The summed E-state index contributed by atoms with van der Waals surface area (Å²) < 4.78 is 0. The highest BCUT2D eigenvalue weighted by atomic mass is 16.3. The molecule has 2 rings (SSSR count). The first-order valence-electron chi connectivity index (χ1n) is 8.48. The molecule has 0 aromatic carbocycles. The van der Waals surface area contributed by atoms with Crippen LogP contribution in [0.15, 0.2) is 35.0 Å². The van der Waals surface area contributed by atoms with Crippen LogP contribution in [0, 0.1) is 6.92 Å². The summed E-state index contributed by atoms with van der Waals surface area (Å²) in [5, 5.41) is 19.9. The molecule has 126 valence electrons. The molecule has 0 saturated heterocycles. The molecule has 1 aliphatic rings. The van der Waals surface area contributed by atoms with Gasteiger partial charge in [0.05, 0.1) is 11.9 Å². The number of hydrogen-bond donors (Lipinski definition) is 2. The number of unbranched alkanes of at least 4 members (excludes halogenated alkanes) is 5. The van der Waals surface area contributed by atoms with E-state index in [1.54, 1.807) is 11.1 Å². The second-order valence-corrected chi connectivity index (χ2v) is 6.08. The average Bonchev–Trinajstić information content (AvgIpc) is 2.55. The molecular weight excluding hydrogens is 290 g/mol. The Hall–Kier alpha value is -2.04. The lowest BCUT2D eigenvalue weighted by Gasteiger charge is -2.32. The van der Waals surface area contributed by atoms with Crippen LogP contribution in [0.25, 0.3) is 0 Å². The summed E-state index contributed by atoms with van der Waals surface area (Å²) in [6, 6.07) is 3.90. The van der Waals surface area contributed by atoms with E-state index >= 15 is 0 Å². The minimum Gasteiger partial charge on any atom is -0.502 e. The molecule has 0 bridgehead atoms. The van der Waals surface area contributed by atoms with Crippen molar-refractivity contribution in [2.75, 3.05) is 6.54 Å². The van der Waals surface area contributed by atoms with Crippen molar-refractivity contribution in [3.05, 3.63) is 41.2 Å². The topological polar surface area (TPSA) is 69.0 Å². The minimum atomic E-state index is -0.373. The molecule has 0 saturated carbocycles. The highest BCUT2D eigenvalue weighted by Gasteiger charge is 2.27. The summed E-state index contributed by atoms with van der Waals surface area (Å²) in [6.45, 7) is 4.84. The number of aromatic nitrogens is 1. The highest BCUT2D eigenvalue weighted by Crippen LogP contribution is 2.28. The van der Waals surface area contributed by atoms with Crippen molar-refractivity contribution >= 4 is 6.21 Å². The molecule has 0 fully saturated rings. The van der Waals surface area contributed by atoms with E-state index in [1.807, 2.05) is 19.1 Å². The standard InChI is InChI=1S/C18H27N3O2/c1-3-4-5-6-7-8-11-21-17(20-13-16(22)18(21)23)15-10-9-14(2)12-19-15/h9-10,12-13,17,22-23H,3-8,11H2,1-2H3. The Kier molecular flexibility index (Phi) is 6.44. The maximum absolute atomic E-state index is 10.2. The monoisotopic (exact) mass is 317 g/mol. The minimum absolute atomic E-state index is 0.110. The molecule has 1 aromatic heterocycles. The van der Waals surface area contributed by atoms with Crippen LogP contribution in [0.4, 0.5) is 0 Å². The molecule has 0 spiro atoms. The number of rotatable bonds is 8. The zero-order valence-corrected chi connectivity index (χ0v) is 14.1. The number of pyridine rings is 1. The molecular formula is C18H27N3O2. The number of aliphatic imine (C=N–C) groups is 1. The third kappa shape index (κ3) is 4.71. The van der Waals surface area contributed by atoms with E-state index < -0.39 is 0 Å². The normalized spacial score (nSPS) is 17.8. The number of hydrogen-bond acceptors (Lipinski definition) is 5. The number of allylic oxidation sites excluding steroid dienone is 1. The van der Waals surface area contributed by atoms with Gasteiger partial charge in [-0.2, -0.15) is 0 Å². The number of aliphatic hydroxyl groups is 2. The third-order valence-corrected chi connectivity index (χ3v) is 4.09. The lowest BCUT2D eigenvalue weighted by Crippen LogP contribution is -2.32. The average molecular weight is 317 g/mol. The van der Waals surface area contributed by atoms with Crippen molar-refractivity contribution in [3.8, 4) is 0 Å². The number of aliphatic hydroxyl groups excluding tert-OH is 2. The van der Waals surface area contributed by atoms with Crippen molar-refractivity contribution in [1.29, 1.82) is 0 Å². The molecule has 23 heavy (non-hydrogen) atoms. The van der Waals surface area contributed by atoms with Gasteiger partial charge in [0.2, 0.25) is 5.88 Å². The maximum atomic E-state index is 10.2. The molecule has 1 aromatic rings. The zero-order valence-electron chi connectivity index (χ0n) is 14.1. The van der Waals surface area contributed by atoms with Crippen LogP contribution in [0.1, 0.15) is 62.9 Å². The lowest BCUT2D eigenvalue weighted by molar-refractivity contribution is 0.128. The SMILES string of the molecule is CCCCCCCCN1C(O)=C(O)C=NC1c1ccc(C)cn1. The predicted octanol–water partition coefficient (Wildman–Crippen LogP) is 4.42. The summed E-state index contributed by atoms with van der Waals surface area (Å²) in [5.74, 6) is -0.291. The van der Waals surface area contributed by atoms with Gasteiger partial charge in [0.1, 0.15) is 0 Å². The third-order valence-electron chi connectivity index (χ3n) is 4.09. The van der Waals surface area contributed by atoms with Gasteiger partial charge in [-0.05, 0) is 25.0 Å². The summed E-state index contributed by atoms with van der Waals surface area (Å²) in [4.78, 5) is 10.5. The van der Waals surface area contributed by atoms with E-state index in [0.29, 0.717) is 6.54 Å². The van der Waals surface area contributed by atoms with E-state index in [2.05, 4.69) is 16.9 Å². The fourth-order valence-electron chi connectivity index (χ4n) is 2.70. The van der Waals surface area contributed by atoms with Crippen LogP contribution >= 0.6 is 0 Å². The Morgan fingerprint density at radius 1 is 1.09 bits per heavy atom. The summed E-state index contributed by atoms with van der Waals surface area (Å²) in [5.41, 5.74) is 1.86. The highest BCUT2D eigenvalue weighted by molar-refractivity contribution is 5.77. The van der Waals surface area contributed by atoms with Gasteiger partial charge in [-0.3, -0.25) is 9.98 Å². The van der Waals surface area contributed by atoms with Gasteiger partial charge >= 0.3 is 0 Å². The Bertz CT molecular complexity index is 552. The number of aryl methyl sites for hydroxylation is 1. The molecule has 0 amide bonds. The molecule has 1 unspecified atom stereocenters. The molecule has 0 aliphatic carbocycles. The van der Waals surface area contributed by atoms with Gasteiger partial charge in [-0.15, -0.1) is 0 Å². The molecule has 5 nitrogen and oxygen atoms in total. The van der Waals surface area contributed by atoms with Crippen molar-refractivity contribution in [3.63, 3.8) is 0 Å². The van der Waals surface area contributed by atoms with E-state index in [1.165, 1.54) is 31.9 Å². The molecule has 5 heteroatoms. The molecule has 2 heterocycles. The van der Waals surface area contributed by atoms with Gasteiger partial charge in [0.25, 0.3) is 0 Å². The largest absolute Gasteiger partial charge is 0.502 e. The zero-order chi connectivity index (χ0) is 16.7. The summed E-state index contributed by atoms with van der Waals surface area (Å²) >= 11 is 0. The fraction of sp³-hybridized carbons (Fsp3) is 0.556. The smallest absolute Gasteiger partial charge is 0.234 e. The maximum Gasteiger partial charge on any atom is 0.234 e. The second-order valence-electron chi connectivity index (χ2n) is 6.08.